The number of nitrogens with zero attached hydrogens (tertiary/aromatic N) is 1. The van der Waals surface area contributed by atoms with Crippen molar-refractivity contribution < 1.29 is 4.92 Å². The van der Waals surface area contributed by atoms with Crippen LogP contribution in [0, 0.1) is 10.1 Å². The summed E-state index contributed by atoms with van der Waals surface area (Å²) in [5, 5.41) is 14.1. The van der Waals surface area contributed by atoms with Gasteiger partial charge in [-0.25, -0.2) is 0 Å². The van der Waals surface area contributed by atoms with Crippen molar-refractivity contribution in [1.29, 1.82) is 0 Å². The summed E-state index contributed by atoms with van der Waals surface area (Å²) >= 11 is 0. The Balaban J connectivity index is 2.23. The van der Waals surface area contributed by atoms with Gasteiger partial charge in [0.1, 0.15) is 11.4 Å². The van der Waals surface area contributed by atoms with Crippen LogP contribution in [0.1, 0.15) is 5.56 Å². The largest absolute Gasteiger partial charge is 0.375 e. The van der Waals surface area contributed by atoms with Crippen LogP contribution >= 0.6 is 0 Å². The highest BCUT2D eigenvalue weighted by molar-refractivity contribution is 5.75. The SMILES string of the molecule is NNc1cccc(NCc2ccccc2)c1[N+](=O)[O-]. The Morgan fingerprint density at radius 1 is 1.05 bits per heavy atom. The molecule has 6 heteroatoms. The summed E-state index contributed by atoms with van der Waals surface area (Å²) in [6, 6.07) is 14.6. The molecule has 0 aromatic heterocycles. The van der Waals surface area contributed by atoms with E-state index in [-0.39, 0.29) is 11.4 Å². The van der Waals surface area contributed by atoms with Crippen molar-refractivity contribution >= 4 is 17.1 Å². The quantitative estimate of drug-likeness (QED) is 0.435. The molecular weight excluding hydrogens is 244 g/mol. The molecule has 0 atom stereocenters. The van der Waals surface area contributed by atoms with Crippen LogP contribution in [0.2, 0.25) is 0 Å². The maximum Gasteiger partial charge on any atom is 0.316 e. The Morgan fingerprint density at radius 3 is 2.37 bits per heavy atom. The molecule has 0 aliphatic heterocycles. The van der Waals surface area contributed by atoms with E-state index in [2.05, 4.69) is 10.7 Å². The molecule has 0 saturated carbocycles. The van der Waals surface area contributed by atoms with Gasteiger partial charge >= 0.3 is 5.69 Å². The van der Waals surface area contributed by atoms with Gasteiger partial charge in [0.2, 0.25) is 0 Å². The minimum Gasteiger partial charge on any atom is -0.375 e. The summed E-state index contributed by atoms with van der Waals surface area (Å²) in [6.07, 6.45) is 0. The number of nitro groups is 1. The number of hydrogen-bond acceptors (Lipinski definition) is 5. The topological polar surface area (TPSA) is 93.2 Å². The third-order valence-corrected chi connectivity index (χ3v) is 2.70. The van der Waals surface area contributed by atoms with Gasteiger partial charge in [-0.15, -0.1) is 0 Å². The molecule has 0 heterocycles. The van der Waals surface area contributed by atoms with Crippen molar-refractivity contribution in [1.82, 2.24) is 0 Å². The maximum absolute atomic E-state index is 11.1. The normalized spacial score (nSPS) is 9.95. The molecule has 98 valence electrons. The zero-order chi connectivity index (χ0) is 13.7. The van der Waals surface area contributed by atoms with Crippen LogP contribution < -0.4 is 16.6 Å². The number of rotatable bonds is 5. The second-order valence-corrected chi connectivity index (χ2v) is 3.94. The molecule has 4 N–H and O–H groups in total. The van der Waals surface area contributed by atoms with E-state index in [9.17, 15) is 10.1 Å². The summed E-state index contributed by atoms with van der Waals surface area (Å²) in [5.41, 5.74) is 4.04. The molecule has 2 rings (SSSR count). The average molecular weight is 258 g/mol. The lowest BCUT2D eigenvalue weighted by atomic mass is 10.2. The van der Waals surface area contributed by atoms with Crippen molar-refractivity contribution in [3.8, 4) is 0 Å². The predicted octanol–water partition coefficient (Wildman–Crippen LogP) is 2.49. The fourth-order valence-electron chi connectivity index (χ4n) is 1.79. The standard InChI is InChI=1S/C13H14N4O2/c14-16-12-8-4-7-11(13(12)17(18)19)15-9-10-5-2-1-3-6-10/h1-8,15-16H,9,14H2. The lowest BCUT2D eigenvalue weighted by molar-refractivity contribution is -0.383. The second-order valence-electron chi connectivity index (χ2n) is 3.94. The van der Waals surface area contributed by atoms with Crippen molar-refractivity contribution in [2.24, 2.45) is 5.84 Å². The number of nitro benzene ring substituents is 1. The first-order valence-corrected chi connectivity index (χ1v) is 5.74. The fraction of sp³-hybridized carbons (Fsp3) is 0.0769. The van der Waals surface area contributed by atoms with E-state index < -0.39 is 4.92 Å². The number of benzene rings is 2. The van der Waals surface area contributed by atoms with E-state index in [1.807, 2.05) is 30.3 Å². The van der Waals surface area contributed by atoms with Gasteiger partial charge in [0.05, 0.1) is 4.92 Å². The minimum atomic E-state index is -0.456. The molecule has 0 fully saturated rings. The molecule has 0 spiro atoms. The molecule has 0 saturated heterocycles. The number of anilines is 2. The van der Waals surface area contributed by atoms with Crippen LogP contribution in [0.25, 0.3) is 0 Å². The van der Waals surface area contributed by atoms with Gasteiger partial charge in [0.25, 0.3) is 0 Å². The van der Waals surface area contributed by atoms with E-state index >= 15 is 0 Å². The first kappa shape index (κ1) is 12.8. The van der Waals surface area contributed by atoms with Crippen LogP contribution in [0.3, 0.4) is 0 Å². The minimum absolute atomic E-state index is 0.0547. The third kappa shape index (κ3) is 2.99. The molecule has 0 aliphatic rings. The molecule has 2 aromatic carbocycles. The zero-order valence-electron chi connectivity index (χ0n) is 10.2. The molecular formula is C13H14N4O2. The van der Waals surface area contributed by atoms with E-state index in [1.54, 1.807) is 18.2 Å². The van der Waals surface area contributed by atoms with Crippen molar-refractivity contribution in [3.05, 3.63) is 64.2 Å². The summed E-state index contributed by atoms with van der Waals surface area (Å²) in [6.45, 7) is 0.510. The van der Waals surface area contributed by atoms with Crippen LogP contribution in [-0.2, 0) is 6.54 Å². The van der Waals surface area contributed by atoms with Crippen molar-refractivity contribution in [2.45, 2.75) is 6.54 Å². The van der Waals surface area contributed by atoms with Gasteiger partial charge in [0.15, 0.2) is 0 Å². The van der Waals surface area contributed by atoms with Gasteiger partial charge in [-0.05, 0) is 17.7 Å². The zero-order valence-corrected chi connectivity index (χ0v) is 10.2. The molecule has 0 aliphatic carbocycles. The van der Waals surface area contributed by atoms with E-state index in [0.717, 1.165) is 5.56 Å². The summed E-state index contributed by atoms with van der Waals surface area (Å²) in [4.78, 5) is 10.6. The second kappa shape index (κ2) is 5.83. The third-order valence-electron chi connectivity index (χ3n) is 2.70. The number of hydrazine groups is 1. The van der Waals surface area contributed by atoms with Crippen LogP contribution in [0.15, 0.2) is 48.5 Å². The van der Waals surface area contributed by atoms with E-state index in [1.165, 1.54) is 0 Å². The summed E-state index contributed by atoms with van der Waals surface area (Å²) < 4.78 is 0. The highest BCUT2D eigenvalue weighted by Gasteiger charge is 2.18. The smallest absolute Gasteiger partial charge is 0.316 e. The Kier molecular flexibility index (Phi) is 3.94. The summed E-state index contributed by atoms with van der Waals surface area (Å²) in [7, 11) is 0. The lowest BCUT2D eigenvalue weighted by Gasteiger charge is -2.09. The average Bonchev–Trinajstić information content (AvgIpc) is 2.45. The van der Waals surface area contributed by atoms with Crippen LogP contribution in [-0.4, -0.2) is 4.92 Å². The number of nitrogens with one attached hydrogen (secondary N) is 2. The molecule has 0 bridgehead atoms. The van der Waals surface area contributed by atoms with Gasteiger partial charge in [-0.2, -0.15) is 0 Å². The molecule has 0 radical (unpaired) electrons. The molecule has 19 heavy (non-hydrogen) atoms. The monoisotopic (exact) mass is 258 g/mol. The van der Waals surface area contributed by atoms with Gasteiger partial charge in [0, 0.05) is 6.54 Å². The number of hydrogen-bond donors (Lipinski definition) is 3. The molecule has 2 aromatic rings. The number of nitrogens with two attached hydrogens (primary N) is 1. The number of nitrogen functional groups attached to an aromatic ring is 1. The fourth-order valence-corrected chi connectivity index (χ4v) is 1.79. The first-order valence-electron chi connectivity index (χ1n) is 5.74. The van der Waals surface area contributed by atoms with Gasteiger partial charge in [-0.1, -0.05) is 36.4 Å². The lowest BCUT2D eigenvalue weighted by Crippen LogP contribution is -2.11. The highest BCUT2D eigenvalue weighted by Crippen LogP contribution is 2.32. The van der Waals surface area contributed by atoms with Gasteiger partial charge in [-0.3, -0.25) is 16.0 Å². The van der Waals surface area contributed by atoms with Gasteiger partial charge < -0.3 is 10.7 Å². The molecule has 0 amide bonds. The Bertz CT molecular complexity index is 572. The Labute approximate surface area is 110 Å². The Morgan fingerprint density at radius 2 is 1.74 bits per heavy atom. The molecule has 0 unspecified atom stereocenters. The Hall–Kier alpha value is -2.60. The van der Waals surface area contributed by atoms with E-state index in [4.69, 9.17) is 5.84 Å². The van der Waals surface area contributed by atoms with E-state index in [0.29, 0.717) is 12.2 Å². The van der Waals surface area contributed by atoms with Crippen molar-refractivity contribution in [2.75, 3.05) is 10.7 Å². The van der Waals surface area contributed by atoms with Crippen LogP contribution in [0.4, 0.5) is 17.1 Å². The number of para-hydroxylation sites is 1. The van der Waals surface area contributed by atoms with Crippen LogP contribution in [0.5, 0.6) is 0 Å². The highest BCUT2D eigenvalue weighted by atomic mass is 16.6. The maximum atomic E-state index is 11.1. The first-order chi connectivity index (χ1) is 9.22. The predicted molar refractivity (Wildman–Crippen MR) is 74.7 cm³/mol. The van der Waals surface area contributed by atoms with Crippen molar-refractivity contribution in [3.63, 3.8) is 0 Å². The molecule has 6 nitrogen and oxygen atoms in total. The summed E-state index contributed by atoms with van der Waals surface area (Å²) in [5.74, 6) is 5.28.